The summed E-state index contributed by atoms with van der Waals surface area (Å²) in [4.78, 5) is 35.1. The summed E-state index contributed by atoms with van der Waals surface area (Å²) in [6.45, 7) is 1.98. The zero-order chi connectivity index (χ0) is 20.7. The molecular weight excluding hydrogens is 374 g/mol. The van der Waals surface area contributed by atoms with Crippen molar-refractivity contribution in [3.8, 4) is 11.5 Å². The average molecular weight is 393 g/mol. The van der Waals surface area contributed by atoms with Gasteiger partial charge in [-0.1, -0.05) is 0 Å². The quantitative estimate of drug-likeness (QED) is 0.391. The first-order valence-electron chi connectivity index (χ1n) is 8.02. The number of carbonyl (C=O) groups is 2. The van der Waals surface area contributed by atoms with Crippen LogP contribution < -0.4 is 20.3 Å². The van der Waals surface area contributed by atoms with Crippen molar-refractivity contribution in [1.82, 2.24) is 10.9 Å². The lowest BCUT2D eigenvalue weighted by molar-refractivity contribution is -0.385. The summed E-state index contributed by atoms with van der Waals surface area (Å²) >= 11 is 0. The van der Waals surface area contributed by atoms with Crippen molar-refractivity contribution in [2.45, 2.75) is 6.92 Å². The monoisotopic (exact) mass is 393 g/mol. The van der Waals surface area contributed by atoms with E-state index >= 15 is 0 Å². The number of nitrogens with zero attached hydrogens (tertiary/aromatic N) is 1. The number of benzene rings is 1. The maximum Gasteiger partial charge on any atom is 0.286 e. The number of furan rings is 1. The molecule has 2 N–H and O–H groups in total. The van der Waals surface area contributed by atoms with E-state index in [1.165, 1.54) is 26.5 Å². The van der Waals surface area contributed by atoms with Gasteiger partial charge in [0.1, 0.15) is 17.9 Å². The molecule has 1 aromatic carbocycles. The van der Waals surface area contributed by atoms with Crippen molar-refractivity contribution in [2.24, 2.45) is 0 Å². The van der Waals surface area contributed by atoms with Gasteiger partial charge < -0.3 is 18.6 Å². The summed E-state index contributed by atoms with van der Waals surface area (Å²) in [6, 6.07) is 3.66. The van der Waals surface area contributed by atoms with Crippen LogP contribution in [0.1, 0.15) is 26.5 Å². The lowest BCUT2D eigenvalue weighted by Crippen LogP contribution is -2.41. The third kappa shape index (κ3) is 4.76. The molecule has 0 saturated heterocycles. The van der Waals surface area contributed by atoms with Gasteiger partial charge in [-0.2, -0.15) is 0 Å². The van der Waals surface area contributed by atoms with E-state index in [0.29, 0.717) is 5.76 Å². The zero-order valence-corrected chi connectivity index (χ0v) is 15.4. The minimum atomic E-state index is -0.900. The molecule has 11 heteroatoms. The molecule has 0 radical (unpaired) electrons. The number of nitrogens with one attached hydrogen (secondary N) is 2. The van der Waals surface area contributed by atoms with Crippen LogP contribution in [0.5, 0.6) is 11.5 Å². The molecule has 0 bridgehead atoms. The second-order valence-corrected chi connectivity index (χ2v) is 5.42. The Hall–Kier alpha value is -3.60. The third-order valence-corrected chi connectivity index (χ3v) is 3.66. The van der Waals surface area contributed by atoms with E-state index in [2.05, 4.69) is 10.9 Å². The average Bonchev–Trinajstić information content (AvgIpc) is 3.11. The van der Waals surface area contributed by atoms with Gasteiger partial charge in [0.15, 0.2) is 11.5 Å². The molecule has 0 aliphatic rings. The summed E-state index contributed by atoms with van der Waals surface area (Å²) in [7, 11) is 2.81. The van der Waals surface area contributed by atoms with Crippen LogP contribution in [-0.2, 0) is 4.74 Å². The van der Waals surface area contributed by atoms with Crippen molar-refractivity contribution < 1.29 is 33.1 Å². The molecule has 0 fully saturated rings. The van der Waals surface area contributed by atoms with Crippen LogP contribution in [0.2, 0.25) is 0 Å². The van der Waals surface area contributed by atoms with E-state index in [1.807, 2.05) is 0 Å². The highest BCUT2D eigenvalue weighted by molar-refractivity contribution is 6.02. The van der Waals surface area contributed by atoms with Crippen LogP contribution in [0.15, 0.2) is 28.9 Å². The standard InChI is InChI=1S/C17H19N3O8/c1-10-11(4-5-27-10)16(21)18-19-17(22)12-8-14(26-3)15(28-7-6-25-2)9-13(12)20(23)24/h4-5,8-9H,6-7H2,1-3H3,(H,18,21)(H,19,22). The molecule has 0 aliphatic carbocycles. The topological polar surface area (TPSA) is 142 Å². The molecule has 150 valence electrons. The van der Waals surface area contributed by atoms with Crippen molar-refractivity contribution in [1.29, 1.82) is 0 Å². The van der Waals surface area contributed by atoms with Gasteiger partial charge in [-0.15, -0.1) is 0 Å². The number of nitro benzene ring substituents is 1. The molecule has 0 spiro atoms. The number of rotatable bonds is 8. The number of amides is 2. The summed E-state index contributed by atoms with van der Waals surface area (Å²) < 4.78 is 20.4. The molecule has 0 aliphatic heterocycles. The van der Waals surface area contributed by atoms with Crippen molar-refractivity contribution in [2.75, 3.05) is 27.4 Å². The number of aryl methyl sites for hydroxylation is 1. The lowest BCUT2D eigenvalue weighted by atomic mass is 10.1. The molecule has 11 nitrogen and oxygen atoms in total. The highest BCUT2D eigenvalue weighted by Crippen LogP contribution is 2.34. The van der Waals surface area contributed by atoms with Gasteiger partial charge >= 0.3 is 0 Å². The summed E-state index contributed by atoms with van der Waals surface area (Å²) in [5.41, 5.74) is 3.69. The van der Waals surface area contributed by atoms with Crippen LogP contribution in [0, 0.1) is 17.0 Å². The van der Waals surface area contributed by atoms with Crippen molar-refractivity contribution >= 4 is 17.5 Å². The SMILES string of the molecule is COCCOc1cc([N+](=O)[O-])c(C(=O)NNC(=O)c2ccoc2C)cc1OC. The number of nitro groups is 1. The molecule has 1 aromatic heterocycles. The molecule has 0 unspecified atom stereocenters. The van der Waals surface area contributed by atoms with E-state index in [9.17, 15) is 19.7 Å². The summed E-state index contributed by atoms with van der Waals surface area (Å²) in [5, 5.41) is 11.4. The van der Waals surface area contributed by atoms with Gasteiger partial charge in [0.25, 0.3) is 17.5 Å². The van der Waals surface area contributed by atoms with Gasteiger partial charge in [0.2, 0.25) is 0 Å². The fraction of sp³-hybridized carbons (Fsp3) is 0.294. The van der Waals surface area contributed by atoms with E-state index < -0.39 is 22.4 Å². The Balaban J connectivity index is 2.22. The van der Waals surface area contributed by atoms with E-state index in [-0.39, 0.29) is 35.8 Å². The van der Waals surface area contributed by atoms with E-state index in [4.69, 9.17) is 18.6 Å². The fourth-order valence-electron chi connectivity index (χ4n) is 2.26. The van der Waals surface area contributed by atoms with Crippen LogP contribution >= 0.6 is 0 Å². The molecule has 2 rings (SSSR count). The Kier molecular flexibility index (Phi) is 6.93. The van der Waals surface area contributed by atoms with Gasteiger partial charge in [-0.25, -0.2) is 0 Å². The Morgan fingerprint density at radius 1 is 1.11 bits per heavy atom. The second kappa shape index (κ2) is 9.37. The number of hydrazine groups is 1. The smallest absolute Gasteiger partial charge is 0.286 e. The van der Waals surface area contributed by atoms with Crippen LogP contribution in [-0.4, -0.2) is 44.2 Å². The van der Waals surface area contributed by atoms with Crippen LogP contribution in [0.3, 0.4) is 0 Å². The molecule has 1 heterocycles. The normalized spacial score (nSPS) is 10.2. The highest BCUT2D eigenvalue weighted by Gasteiger charge is 2.25. The first kappa shape index (κ1) is 20.7. The summed E-state index contributed by atoms with van der Waals surface area (Å²) in [5.74, 6) is -0.974. The molecule has 28 heavy (non-hydrogen) atoms. The van der Waals surface area contributed by atoms with Gasteiger partial charge in [-0.3, -0.25) is 30.6 Å². The predicted octanol–water partition coefficient (Wildman–Crippen LogP) is 1.60. The predicted molar refractivity (Wildman–Crippen MR) is 95.4 cm³/mol. The molecule has 0 atom stereocenters. The Morgan fingerprint density at radius 2 is 1.79 bits per heavy atom. The zero-order valence-electron chi connectivity index (χ0n) is 15.4. The lowest BCUT2D eigenvalue weighted by Gasteiger charge is -2.13. The van der Waals surface area contributed by atoms with Gasteiger partial charge in [0, 0.05) is 13.2 Å². The van der Waals surface area contributed by atoms with E-state index in [1.54, 1.807) is 6.92 Å². The maximum absolute atomic E-state index is 12.4. The minimum absolute atomic E-state index is 0.0841. The Morgan fingerprint density at radius 3 is 2.32 bits per heavy atom. The first-order chi connectivity index (χ1) is 13.4. The van der Waals surface area contributed by atoms with Gasteiger partial charge in [0.05, 0.1) is 36.5 Å². The number of hydrogen-bond donors (Lipinski definition) is 2. The van der Waals surface area contributed by atoms with Crippen molar-refractivity contribution in [3.05, 3.63) is 51.5 Å². The maximum atomic E-state index is 12.4. The van der Waals surface area contributed by atoms with Gasteiger partial charge in [-0.05, 0) is 13.0 Å². The molecule has 2 amide bonds. The first-order valence-corrected chi connectivity index (χ1v) is 8.02. The number of hydrogen-bond acceptors (Lipinski definition) is 8. The third-order valence-electron chi connectivity index (χ3n) is 3.66. The fourth-order valence-corrected chi connectivity index (χ4v) is 2.26. The minimum Gasteiger partial charge on any atom is -0.493 e. The van der Waals surface area contributed by atoms with Crippen molar-refractivity contribution in [3.63, 3.8) is 0 Å². The number of ether oxygens (including phenoxy) is 3. The Labute approximate surface area is 159 Å². The number of carbonyl (C=O) groups excluding carboxylic acids is 2. The molecular formula is C17H19N3O8. The summed E-state index contributed by atoms with van der Waals surface area (Å²) in [6.07, 6.45) is 1.32. The second-order valence-electron chi connectivity index (χ2n) is 5.42. The Bertz CT molecular complexity index is 877. The largest absolute Gasteiger partial charge is 0.493 e. The van der Waals surface area contributed by atoms with E-state index in [0.717, 1.165) is 12.1 Å². The van der Waals surface area contributed by atoms with Crippen LogP contribution in [0.4, 0.5) is 5.69 Å². The van der Waals surface area contributed by atoms with Crippen LogP contribution in [0.25, 0.3) is 0 Å². The number of methoxy groups -OCH3 is 2. The highest BCUT2D eigenvalue weighted by atomic mass is 16.6. The molecule has 0 saturated carbocycles. The molecule has 2 aromatic rings.